The summed E-state index contributed by atoms with van der Waals surface area (Å²) in [5, 5.41) is 0. The van der Waals surface area contributed by atoms with Gasteiger partial charge in [0.25, 0.3) is 0 Å². The normalized spacial score (nSPS) is 37.5. The molecule has 3 aromatic carbocycles. The second kappa shape index (κ2) is 5.37. The molecule has 2 aliphatic heterocycles. The SMILES string of the molecule is C1=C[C@@H]2[C@H](C=C1)[C@H]1[C@@H]2[C@]2(c3ccccc3)O[C@@]1(c1ccccc1)c1ccccc12. The molecule has 2 aliphatic carbocycles. The second-order valence-corrected chi connectivity index (χ2v) is 8.83. The van der Waals surface area contributed by atoms with E-state index in [0.717, 1.165) is 0 Å². The fraction of sp³-hybridized carbons (Fsp3) is 0.214. The number of benzene rings is 3. The number of rotatable bonds is 2. The van der Waals surface area contributed by atoms with Crippen molar-refractivity contribution >= 4 is 0 Å². The van der Waals surface area contributed by atoms with Gasteiger partial charge in [0.2, 0.25) is 0 Å². The molecule has 1 nitrogen and oxygen atoms in total. The third-order valence-corrected chi connectivity index (χ3v) is 7.83. The number of allylic oxidation sites excluding steroid dienone is 4. The van der Waals surface area contributed by atoms with E-state index in [9.17, 15) is 0 Å². The van der Waals surface area contributed by atoms with Crippen LogP contribution in [0.25, 0.3) is 0 Å². The van der Waals surface area contributed by atoms with Crippen LogP contribution in [0, 0.1) is 23.7 Å². The molecule has 4 aliphatic rings. The molecule has 0 aromatic heterocycles. The summed E-state index contributed by atoms with van der Waals surface area (Å²) in [6, 6.07) is 30.8. The molecular weight excluding hydrogens is 352 g/mol. The van der Waals surface area contributed by atoms with E-state index in [2.05, 4.69) is 109 Å². The Morgan fingerprint density at radius 1 is 0.517 bits per heavy atom. The van der Waals surface area contributed by atoms with E-state index in [1.54, 1.807) is 0 Å². The molecule has 0 N–H and O–H groups in total. The molecule has 29 heavy (non-hydrogen) atoms. The van der Waals surface area contributed by atoms with Crippen molar-refractivity contribution in [1.29, 1.82) is 0 Å². The van der Waals surface area contributed by atoms with Crippen molar-refractivity contribution in [2.45, 2.75) is 11.2 Å². The molecular formula is C28H22O. The van der Waals surface area contributed by atoms with Gasteiger partial charge in [-0.05, 0) is 34.1 Å². The quantitative estimate of drug-likeness (QED) is 0.514. The van der Waals surface area contributed by atoms with Crippen LogP contribution in [0.1, 0.15) is 22.3 Å². The van der Waals surface area contributed by atoms with Gasteiger partial charge in [-0.2, -0.15) is 0 Å². The van der Waals surface area contributed by atoms with Crippen molar-refractivity contribution in [1.82, 2.24) is 0 Å². The Morgan fingerprint density at radius 3 is 1.38 bits per heavy atom. The standard InChI is InChI=1S/C28H22O/c1-3-11-19(12-4-1)27-23-17-9-10-18-24(23)28(29-27,20-13-5-2-6-14-20)26-22-16-8-7-15-21(22)25(26)27/h1-18,21-22,25-26H/t21-,22+,25-,26+,27-,28+. The van der Waals surface area contributed by atoms with Crippen LogP contribution < -0.4 is 0 Å². The molecule has 2 bridgehead atoms. The molecule has 6 atom stereocenters. The van der Waals surface area contributed by atoms with Crippen molar-refractivity contribution < 1.29 is 4.74 Å². The minimum absolute atomic E-state index is 0.380. The average Bonchev–Trinajstić information content (AvgIpc) is 3.24. The van der Waals surface area contributed by atoms with E-state index in [1.165, 1.54) is 22.3 Å². The molecule has 140 valence electrons. The highest BCUT2D eigenvalue weighted by molar-refractivity contribution is 5.60. The van der Waals surface area contributed by atoms with Gasteiger partial charge >= 0.3 is 0 Å². The lowest BCUT2D eigenvalue weighted by molar-refractivity contribution is -0.0525. The highest BCUT2D eigenvalue weighted by atomic mass is 16.5. The number of hydrogen-bond acceptors (Lipinski definition) is 1. The number of ether oxygens (including phenoxy) is 1. The van der Waals surface area contributed by atoms with Crippen molar-refractivity contribution in [2.75, 3.05) is 0 Å². The highest BCUT2D eigenvalue weighted by Crippen LogP contribution is 2.77. The van der Waals surface area contributed by atoms with Crippen LogP contribution in [-0.2, 0) is 15.9 Å². The first-order valence-corrected chi connectivity index (χ1v) is 10.6. The zero-order valence-corrected chi connectivity index (χ0v) is 16.1. The summed E-state index contributed by atoms with van der Waals surface area (Å²) in [5.74, 6) is 1.96. The molecule has 1 saturated heterocycles. The van der Waals surface area contributed by atoms with Gasteiger partial charge in [0.05, 0.1) is 0 Å². The summed E-state index contributed by atoms with van der Waals surface area (Å²) >= 11 is 0. The Bertz CT molecular complexity index is 1070. The van der Waals surface area contributed by atoms with Gasteiger partial charge in [-0.3, -0.25) is 0 Å². The molecule has 0 spiro atoms. The van der Waals surface area contributed by atoms with Gasteiger partial charge in [0.1, 0.15) is 11.2 Å². The summed E-state index contributed by atoms with van der Waals surface area (Å²) in [6.07, 6.45) is 9.29. The van der Waals surface area contributed by atoms with E-state index in [-0.39, 0.29) is 11.2 Å². The fourth-order valence-electron chi connectivity index (χ4n) is 6.92. The van der Waals surface area contributed by atoms with Gasteiger partial charge in [0, 0.05) is 11.8 Å². The lowest BCUT2D eigenvalue weighted by Crippen LogP contribution is -2.57. The van der Waals surface area contributed by atoms with Gasteiger partial charge in [-0.1, -0.05) is 109 Å². The lowest BCUT2D eigenvalue weighted by atomic mass is 9.43. The maximum absolute atomic E-state index is 7.40. The van der Waals surface area contributed by atoms with Crippen LogP contribution in [0.15, 0.2) is 109 Å². The van der Waals surface area contributed by atoms with Crippen LogP contribution in [0.2, 0.25) is 0 Å². The molecule has 7 rings (SSSR count). The smallest absolute Gasteiger partial charge is 0.124 e. The minimum Gasteiger partial charge on any atom is -0.349 e. The van der Waals surface area contributed by atoms with Gasteiger partial charge in [-0.15, -0.1) is 0 Å². The van der Waals surface area contributed by atoms with Gasteiger partial charge in [-0.25, -0.2) is 0 Å². The molecule has 2 fully saturated rings. The molecule has 0 unspecified atom stereocenters. The van der Waals surface area contributed by atoms with Crippen LogP contribution in [0.5, 0.6) is 0 Å². The summed E-state index contributed by atoms with van der Waals surface area (Å²) in [4.78, 5) is 0. The van der Waals surface area contributed by atoms with Crippen LogP contribution in [0.4, 0.5) is 0 Å². The molecule has 0 amide bonds. The highest BCUT2D eigenvalue weighted by Gasteiger charge is 2.78. The van der Waals surface area contributed by atoms with Crippen molar-refractivity contribution in [3.63, 3.8) is 0 Å². The first-order chi connectivity index (χ1) is 14.4. The molecule has 0 radical (unpaired) electrons. The Morgan fingerprint density at radius 2 is 0.931 bits per heavy atom. The monoisotopic (exact) mass is 374 g/mol. The Kier molecular flexibility index (Phi) is 2.96. The Labute approximate surface area is 171 Å². The third kappa shape index (κ3) is 1.69. The topological polar surface area (TPSA) is 9.23 Å². The summed E-state index contributed by atoms with van der Waals surface area (Å²) in [6.45, 7) is 0. The van der Waals surface area contributed by atoms with E-state index >= 15 is 0 Å². The Balaban J connectivity index is 1.58. The lowest BCUT2D eigenvalue weighted by Gasteiger charge is -2.57. The summed E-state index contributed by atoms with van der Waals surface area (Å²) in [5.41, 5.74) is 4.54. The van der Waals surface area contributed by atoms with Gasteiger partial charge < -0.3 is 4.74 Å². The van der Waals surface area contributed by atoms with Gasteiger partial charge in [0.15, 0.2) is 0 Å². The van der Waals surface area contributed by atoms with E-state index < -0.39 is 0 Å². The fourth-order valence-corrected chi connectivity index (χ4v) is 6.92. The predicted molar refractivity (Wildman–Crippen MR) is 114 cm³/mol. The van der Waals surface area contributed by atoms with E-state index in [1.807, 2.05) is 0 Å². The van der Waals surface area contributed by atoms with Crippen molar-refractivity contribution in [3.8, 4) is 0 Å². The number of fused-ring (bicyclic) bond motifs is 11. The zero-order chi connectivity index (χ0) is 19.1. The molecule has 2 heterocycles. The van der Waals surface area contributed by atoms with E-state index in [0.29, 0.717) is 23.7 Å². The molecule has 1 saturated carbocycles. The zero-order valence-electron chi connectivity index (χ0n) is 16.1. The number of hydrogen-bond donors (Lipinski definition) is 0. The van der Waals surface area contributed by atoms with Crippen LogP contribution in [-0.4, -0.2) is 0 Å². The summed E-state index contributed by atoms with van der Waals surface area (Å²) < 4.78 is 7.40. The van der Waals surface area contributed by atoms with Crippen LogP contribution >= 0.6 is 0 Å². The average molecular weight is 374 g/mol. The third-order valence-electron chi connectivity index (χ3n) is 7.83. The van der Waals surface area contributed by atoms with Crippen molar-refractivity contribution in [2.24, 2.45) is 23.7 Å². The second-order valence-electron chi connectivity index (χ2n) is 8.83. The largest absolute Gasteiger partial charge is 0.349 e. The maximum Gasteiger partial charge on any atom is 0.124 e. The summed E-state index contributed by atoms with van der Waals surface area (Å²) in [7, 11) is 0. The predicted octanol–water partition coefficient (Wildman–Crippen LogP) is 5.82. The first-order valence-electron chi connectivity index (χ1n) is 10.6. The molecule has 3 aromatic rings. The Hall–Kier alpha value is -2.90. The minimum atomic E-state index is -0.380. The molecule has 1 heteroatoms. The first kappa shape index (κ1) is 16.0. The maximum atomic E-state index is 7.40. The van der Waals surface area contributed by atoms with E-state index in [4.69, 9.17) is 4.74 Å². The van der Waals surface area contributed by atoms with Crippen molar-refractivity contribution in [3.05, 3.63) is 131 Å². The van der Waals surface area contributed by atoms with Crippen LogP contribution in [0.3, 0.4) is 0 Å².